The van der Waals surface area contributed by atoms with Crippen LogP contribution in [-0.2, 0) is 12.8 Å². The lowest BCUT2D eigenvalue weighted by molar-refractivity contribution is 0.548. The molecule has 0 saturated carbocycles. The van der Waals surface area contributed by atoms with E-state index in [4.69, 9.17) is 0 Å². The zero-order valence-electron chi connectivity index (χ0n) is 11.0. The van der Waals surface area contributed by atoms with Gasteiger partial charge in [0, 0.05) is 24.0 Å². The molecule has 2 aromatic rings. The van der Waals surface area contributed by atoms with Crippen LogP contribution in [0.15, 0.2) is 35.8 Å². The number of likely N-dealkylation sites (N-methyl/N-ethyl adjacent to an activating group) is 1. The molecule has 3 heteroatoms. The predicted octanol–water partition coefficient (Wildman–Crippen LogP) is 3.60. The lowest BCUT2D eigenvalue weighted by Crippen LogP contribution is -2.22. The van der Waals surface area contributed by atoms with Crippen LogP contribution in [-0.4, -0.2) is 11.5 Å². The van der Waals surface area contributed by atoms with Crippen molar-refractivity contribution in [2.45, 2.75) is 32.7 Å². The Morgan fingerprint density at radius 3 is 2.56 bits per heavy atom. The summed E-state index contributed by atoms with van der Waals surface area (Å²) in [4.78, 5) is 4.38. The number of hydrogen-bond acceptors (Lipinski definition) is 3. The van der Waals surface area contributed by atoms with Gasteiger partial charge in [-0.1, -0.05) is 38.1 Å². The number of aryl methyl sites for hydroxylation is 1. The van der Waals surface area contributed by atoms with E-state index in [9.17, 15) is 0 Å². The highest BCUT2D eigenvalue weighted by molar-refractivity contribution is 7.09. The van der Waals surface area contributed by atoms with Gasteiger partial charge in [-0.15, -0.1) is 11.3 Å². The molecule has 18 heavy (non-hydrogen) atoms. The zero-order chi connectivity index (χ0) is 12.8. The standard InChI is InChI=1S/C15H20N2S/c1-3-12-5-7-13(8-6-12)14(16-4-2)11-15-17-9-10-18-15/h5-10,14,16H,3-4,11H2,1-2H3. The van der Waals surface area contributed by atoms with Crippen LogP contribution in [0.4, 0.5) is 0 Å². The van der Waals surface area contributed by atoms with Crippen molar-refractivity contribution < 1.29 is 0 Å². The average Bonchev–Trinajstić information content (AvgIpc) is 2.91. The number of thiazole rings is 1. The third kappa shape index (κ3) is 3.40. The number of nitrogens with zero attached hydrogens (tertiary/aromatic N) is 1. The van der Waals surface area contributed by atoms with Gasteiger partial charge in [-0.3, -0.25) is 0 Å². The number of hydrogen-bond donors (Lipinski definition) is 1. The van der Waals surface area contributed by atoms with Crippen molar-refractivity contribution in [1.29, 1.82) is 0 Å². The van der Waals surface area contributed by atoms with Crippen LogP contribution in [0.1, 0.15) is 36.0 Å². The van der Waals surface area contributed by atoms with Crippen LogP contribution in [0.25, 0.3) is 0 Å². The van der Waals surface area contributed by atoms with Crippen LogP contribution < -0.4 is 5.32 Å². The molecule has 1 atom stereocenters. The third-order valence-electron chi connectivity index (χ3n) is 3.10. The van der Waals surface area contributed by atoms with E-state index >= 15 is 0 Å². The molecule has 1 aromatic carbocycles. The Bertz CT molecular complexity index is 448. The van der Waals surface area contributed by atoms with Gasteiger partial charge in [-0.05, 0) is 24.1 Å². The summed E-state index contributed by atoms with van der Waals surface area (Å²) in [5.41, 5.74) is 2.74. The van der Waals surface area contributed by atoms with E-state index in [1.165, 1.54) is 16.1 Å². The molecule has 0 spiro atoms. The van der Waals surface area contributed by atoms with Gasteiger partial charge in [-0.2, -0.15) is 0 Å². The fraction of sp³-hybridized carbons (Fsp3) is 0.400. The van der Waals surface area contributed by atoms with Crippen molar-refractivity contribution in [3.63, 3.8) is 0 Å². The van der Waals surface area contributed by atoms with E-state index in [1.807, 2.05) is 11.6 Å². The SMILES string of the molecule is CCNC(Cc1nccs1)c1ccc(CC)cc1. The molecule has 2 nitrogen and oxygen atoms in total. The van der Waals surface area contributed by atoms with Crippen molar-refractivity contribution in [2.75, 3.05) is 6.54 Å². The molecule has 0 saturated heterocycles. The van der Waals surface area contributed by atoms with E-state index in [-0.39, 0.29) is 0 Å². The summed E-state index contributed by atoms with van der Waals surface area (Å²) in [5, 5.41) is 6.78. The molecule has 0 aliphatic rings. The molecule has 96 valence electrons. The summed E-state index contributed by atoms with van der Waals surface area (Å²) < 4.78 is 0. The van der Waals surface area contributed by atoms with Crippen molar-refractivity contribution in [1.82, 2.24) is 10.3 Å². The summed E-state index contributed by atoms with van der Waals surface area (Å²) in [6, 6.07) is 9.29. The van der Waals surface area contributed by atoms with Crippen molar-refractivity contribution in [3.05, 3.63) is 52.0 Å². The number of rotatable bonds is 6. The van der Waals surface area contributed by atoms with Gasteiger partial charge in [0.05, 0.1) is 5.01 Å². The van der Waals surface area contributed by atoms with Crippen LogP contribution in [0.5, 0.6) is 0 Å². The Morgan fingerprint density at radius 1 is 1.22 bits per heavy atom. The predicted molar refractivity (Wildman–Crippen MR) is 78.1 cm³/mol. The average molecular weight is 260 g/mol. The van der Waals surface area contributed by atoms with Gasteiger partial charge >= 0.3 is 0 Å². The van der Waals surface area contributed by atoms with Gasteiger partial charge in [0.15, 0.2) is 0 Å². The number of aromatic nitrogens is 1. The summed E-state index contributed by atoms with van der Waals surface area (Å²) in [6.07, 6.45) is 3.94. The lowest BCUT2D eigenvalue weighted by atomic mass is 10.0. The molecule has 1 unspecified atom stereocenters. The first-order valence-electron chi connectivity index (χ1n) is 6.54. The summed E-state index contributed by atoms with van der Waals surface area (Å²) in [6.45, 7) is 5.31. The monoisotopic (exact) mass is 260 g/mol. The normalized spacial score (nSPS) is 12.6. The molecule has 0 amide bonds. The molecule has 2 rings (SSSR count). The summed E-state index contributed by atoms with van der Waals surface area (Å²) in [5.74, 6) is 0. The minimum absolute atomic E-state index is 0.368. The Labute approximate surface area is 113 Å². The Kier molecular flexibility index (Phi) is 4.90. The minimum Gasteiger partial charge on any atom is -0.310 e. The number of benzene rings is 1. The maximum Gasteiger partial charge on any atom is 0.0943 e. The first-order chi connectivity index (χ1) is 8.83. The molecule has 1 heterocycles. The first kappa shape index (κ1) is 13.2. The van der Waals surface area contributed by atoms with Crippen LogP contribution in [0, 0.1) is 0 Å². The maximum absolute atomic E-state index is 4.38. The second-order valence-electron chi connectivity index (χ2n) is 4.34. The van der Waals surface area contributed by atoms with Crippen molar-refractivity contribution in [2.24, 2.45) is 0 Å². The third-order valence-corrected chi connectivity index (χ3v) is 3.91. The Hall–Kier alpha value is -1.19. The first-order valence-corrected chi connectivity index (χ1v) is 7.42. The fourth-order valence-corrected chi connectivity index (χ4v) is 2.73. The molecule has 1 aromatic heterocycles. The summed E-state index contributed by atoms with van der Waals surface area (Å²) >= 11 is 1.73. The van der Waals surface area contributed by atoms with Gasteiger partial charge in [-0.25, -0.2) is 4.98 Å². The summed E-state index contributed by atoms with van der Waals surface area (Å²) in [7, 11) is 0. The highest BCUT2D eigenvalue weighted by Gasteiger charge is 2.12. The van der Waals surface area contributed by atoms with Gasteiger partial charge in [0.2, 0.25) is 0 Å². The second-order valence-corrected chi connectivity index (χ2v) is 5.31. The highest BCUT2D eigenvalue weighted by atomic mass is 32.1. The largest absolute Gasteiger partial charge is 0.310 e. The van der Waals surface area contributed by atoms with E-state index in [0.717, 1.165) is 19.4 Å². The lowest BCUT2D eigenvalue weighted by Gasteiger charge is -2.17. The van der Waals surface area contributed by atoms with Crippen LogP contribution >= 0.6 is 11.3 Å². The molecule has 0 fully saturated rings. The number of nitrogens with one attached hydrogen (secondary N) is 1. The quantitative estimate of drug-likeness (QED) is 0.858. The van der Waals surface area contributed by atoms with Gasteiger partial charge in [0.25, 0.3) is 0 Å². The van der Waals surface area contributed by atoms with Gasteiger partial charge < -0.3 is 5.32 Å². The molecule has 1 N–H and O–H groups in total. The van der Waals surface area contributed by atoms with Crippen LogP contribution in [0.2, 0.25) is 0 Å². The molecule has 0 bridgehead atoms. The molecule has 0 aliphatic heterocycles. The molecular weight excluding hydrogens is 240 g/mol. The van der Waals surface area contributed by atoms with Crippen LogP contribution in [0.3, 0.4) is 0 Å². The van der Waals surface area contributed by atoms with E-state index < -0.39 is 0 Å². The smallest absolute Gasteiger partial charge is 0.0943 e. The van der Waals surface area contributed by atoms with E-state index in [0.29, 0.717) is 6.04 Å². The highest BCUT2D eigenvalue weighted by Crippen LogP contribution is 2.20. The minimum atomic E-state index is 0.368. The topological polar surface area (TPSA) is 24.9 Å². The molecular formula is C15H20N2S. The zero-order valence-corrected chi connectivity index (χ0v) is 11.8. The maximum atomic E-state index is 4.38. The fourth-order valence-electron chi connectivity index (χ4n) is 2.07. The Balaban J connectivity index is 2.12. The second kappa shape index (κ2) is 6.66. The van der Waals surface area contributed by atoms with Crippen molar-refractivity contribution in [3.8, 4) is 0 Å². The Morgan fingerprint density at radius 2 is 2.00 bits per heavy atom. The molecule has 0 aliphatic carbocycles. The van der Waals surface area contributed by atoms with E-state index in [1.54, 1.807) is 11.3 Å². The van der Waals surface area contributed by atoms with Gasteiger partial charge in [0.1, 0.15) is 0 Å². The molecule has 0 radical (unpaired) electrons. The van der Waals surface area contributed by atoms with Crippen molar-refractivity contribution >= 4 is 11.3 Å². The van der Waals surface area contributed by atoms with E-state index in [2.05, 4.69) is 48.4 Å².